The Hall–Kier alpha value is -3.80. The van der Waals surface area contributed by atoms with Crippen molar-refractivity contribution >= 4 is 11.7 Å². The molecule has 156 valence electrons. The van der Waals surface area contributed by atoms with Crippen molar-refractivity contribution in [1.29, 1.82) is 5.26 Å². The van der Waals surface area contributed by atoms with E-state index in [-0.39, 0.29) is 23.3 Å². The first-order valence-corrected chi connectivity index (χ1v) is 10.1. The highest BCUT2D eigenvalue weighted by molar-refractivity contribution is 5.98. The SMILES string of the molecule is Cc1c(C#N)ccnc1N1C[C@H]2CN(C(=O)c3c(F)cccc3-n3nccn3)C[C@H]2C1. The molecule has 2 fully saturated rings. The normalized spacial score (nSPS) is 20.0. The molecule has 2 saturated heterocycles. The minimum atomic E-state index is -0.577. The Labute approximate surface area is 178 Å². The quantitative estimate of drug-likeness (QED) is 0.649. The van der Waals surface area contributed by atoms with Gasteiger partial charge in [-0.1, -0.05) is 6.07 Å². The van der Waals surface area contributed by atoms with Crippen molar-refractivity contribution in [3.8, 4) is 11.8 Å². The van der Waals surface area contributed by atoms with Gasteiger partial charge in [-0.25, -0.2) is 9.37 Å². The van der Waals surface area contributed by atoms with Gasteiger partial charge in [0.05, 0.1) is 24.0 Å². The number of rotatable bonds is 3. The van der Waals surface area contributed by atoms with Crippen LogP contribution < -0.4 is 4.90 Å². The molecule has 5 rings (SSSR count). The first-order chi connectivity index (χ1) is 15.1. The summed E-state index contributed by atoms with van der Waals surface area (Å²) in [5.74, 6) is 0.453. The van der Waals surface area contributed by atoms with Crippen LogP contribution in [0.1, 0.15) is 21.5 Å². The van der Waals surface area contributed by atoms with E-state index >= 15 is 0 Å². The van der Waals surface area contributed by atoms with Crippen molar-refractivity contribution in [2.75, 3.05) is 31.1 Å². The van der Waals surface area contributed by atoms with Crippen LogP contribution in [0.4, 0.5) is 10.2 Å². The van der Waals surface area contributed by atoms with Crippen LogP contribution in [-0.4, -0.2) is 57.0 Å². The van der Waals surface area contributed by atoms with Crippen molar-refractivity contribution in [3.63, 3.8) is 0 Å². The number of likely N-dealkylation sites (tertiary alicyclic amines) is 1. The van der Waals surface area contributed by atoms with Gasteiger partial charge in [-0.05, 0) is 25.1 Å². The number of pyridine rings is 1. The molecule has 4 heterocycles. The summed E-state index contributed by atoms with van der Waals surface area (Å²) in [7, 11) is 0. The zero-order chi connectivity index (χ0) is 21.5. The Balaban J connectivity index is 1.35. The van der Waals surface area contributed by atoms with Gasteiger partial charge in [0.25, 0.3) is 5.91 Å². The second-order valence-corrected chi connectivity index (χ2v) is 8.01. The lowest BCUT2D eigenvalue weighted by Crippen LogP contribution is -2.34. The fourth-order valence-corrected chi connectivity index (χ4v) is 4.69. The number of hydrogen-bond acceptors (Lipinski definition) is 6. The van der Waals surface area contributed by atoms with Crippen LogP contribution in [-0.2, 0) is 0 Å². The Kier molecular flexibility index (Phi) is 4.62. The third kappa shape index (κ3) is 3.20. The summed E-state index contributed by atoms with van der Waals surface area (Å²) >= 11 is 0. The second kappa shape index (κ2) is 7.47. The Morgan fingerprint density at radius 1 is 1.10 bits per heavy atom. The lowest BCUT2D eigenvalue weighted by atomic mass is 10.0. The van der Waals surface area contributed by atoms with Crippen LogP contribution in [0, 0.1) is 35.9 Å². The summed E-state index contributed by atoms with van der Waals surface area (Å²) in [5, 5.41) is 17.4. The first-order valence-electron chi connectivity index (χ1n) is 10.1. The van der Waals surface area contributed by atoms with Crippen LogP contribution in [0.25, 0.3) is 5.69 Å². The smallest absolute Gasteiger partial charge is 0.259 e. The maximum Gasteiger partial charge on any atom is 0.259 e. The molecule has 0 radical (unpaired) electrons. The minimum absolute atomic E-state index is 0.00485. The van der Waals surface area contributed by atoms with Gasteiger partial charge < -0.3 is 9.80 Å². The number of carbonyl (C=O) groups is 1. The Morgan fingerprint density at radius 3 is 2.48 bits per heavy atom. The number of anilines is 1. The minimum Gasteiger partial charge on any atom is -0.356 e. The lowest BCUT2D eigenvalue weighted by molar-refractivity contribution is 0.0777. The van der Waals surface area contributed by atoms with Crippen LogP contribution >= 0.6 is 0 Å². The van der Waals surface area contributed by atoms with Crippen LogP contribution in [0.5, 0.6) is 0 Å². The molecule has 0 saturated carbocycles. The van der Waals surface area contributed by atoms with E-state index in [1.807, 2.05) is 6.92 Å². The molecule has 0 bridgehead atoms. The third-order valence-electron chi connectivity index (χ3n) is 6.21. The predicted molar refractivity (Wildman–Crippen MR) is 110 cm³/mol. The number of benzene rings is 1. The zero-order valence-electron chi connectivity index (χ0n) is 16.9. The van der Waals surface area contributed by atoms with Gasteiger partial charge in [-0.2, -0.15) is 20.3 Å². The van der Waals surface area contributed by atoms with Crippen molar-refractivity contribution in [2.24, 2.45) is 11.8 Å². The molecule has 1 aromatic carbocycles. The van der Waals surface area contributed by atoms with Gasteiger partial charge in [0.15, 0.2) is 0 Å². The van der Waals surface area contributed by atoms with Crippen LogP contribution in [0.15, 0.2) is 42.9 Å². The van der Waals surface area contributed by atoms with E-state index in [2.05, 4.69) is 26.2 Å². The summed E-state index contributed by atoms with van der Waals surface area (Å²) in [6.07, 6.45) is 4.64. The fraction of sp³-hybridized carbons (Fsp3) is 0.318. The molecule has 3 aromatic rings. The molecular formula is C22H20FN7O. The molecule has 0 spiro atoms. The standard InChI is InChI=1S/C22H20FN7O/c1-14-15(9-24)5-6-25-21(14)28-10-16-12-29(13-17(16)11-28)22(31)20-18(23)3-2-4-19(20)30-26-7-8-27-30/h2-8,16-17H,10-13H2,1H3/t16-,17+. The highest BCUT2D eigenvalue weighted by atomic mass is 19.1. The highest BCUT2D eigenvalue weighted by Crippen LogP contribution is 2.36. The van der Waals surface area contributed by atoms with Gasteiger partial charge >= 0.3 is 0 Å². The second-order valence-electron chi connectivity index (χ2n) is 8.01. The average molecular weight is 417 g/mol. The monoisotopic (exact) mass is 417 g/mol. The topological polar surface area (TPSA) is 90.9 Å². The molecule has 2 aromatic heterocycles. The maximum atomic E-state index is 14.7. The molecule has 0 N–H and O–H groups in total. The highest BCUT2D eigenvalue weighted by Gasteiger charge is 2.43. The average Bonchev–Trinajstić information content (AvgIpc) is 3.50. The largest absolute Gasteiger partial charge is 0.356 e. The molecule has 2 aliphatic heterocycles. The number of carbonyl (C=O) groups excluding carboxylic acids is 1. The zero-order valence-corrected chi connectivity index (χ0v) is 16.9. The number of aromatic nitrogens is 4. The Morgan fingerprint density at radius 2 is 1.81 bits per heavy atom. The number of amides is 1. The molecule has 9 heteroatoms. The van der Waals surface area contributed by atoms with Gasteiger partial charge in [-0.15, -0.1) is 0 Å². The molecular weight excluding hydrogens is 397 g/mol. The molecule has 2 aliphatic rings. The molecule has 1 amide bonds. The van der Waals surface area contributed by atoms with Crippen molar-refractivity contribution < 1.29 is 9.18 Å². The third-order valence-corrected chi connectivity index (χ3v) is 6.21. The van der Waals surface area contributed by atoms with Crippen LogP contribution in [0.3, 0.4) is 0 Å². The van der Waals surface area contributed by atoms with E-state index in [4.69, 9.17) is 0 Å². The van der Waals surface area contributed by atoms with Crippen molar-refractivity contribution in [3.05, 3.63) is 65.4 Å². The number of nitriles is 1. The fourth-order valence-electron chi connectivity index (χ4n) is 4.69. The Bertz CT molecular complexity index is 1170. The van der Waals surface area contributed by atoms with E-state index < -0.39 is 5.82 Å². The number of halogens is 1. The van der Waals surface area contributed by atoms with E-state index in [0.29, 0.717) is 24.3 Å². The van der Waals surface area contributed by atoms with Gasteiger partial charge in [-0.3, -0.25) is 4.79 Å². The number of hydrogen-bond donors (Lipinski definition) is 0. The number of nitrogens with zero attached hydrogens (tertiary/aromatic N) is 7. The summed E-state index contributed by atoms with van der Waals surface area (Å²) in [6, 6.07) is 8.40. The van der Waals surface area contributed by atoms with E-state index in [1.54, 1.807) is 29.3 Å². The van der Waals surface area contributed by atoms with Gasteiger partial charge in [0.1, 0.15) is 22.9 Å². The van der Waals surface area contributed by atoms with E-state index in [0.717, 1.165) is 24.5 Å². The van der Waals surface area contributed by atoms with Gasteiger partial charge in [0, 0.05) is 49.8 Å². The maximum absolute atomic E-state index is 14.7. The summed E-state index contributed by atoms with van der Waals surface area (Å²) in [5.41, 5.74) is 1.83. The molecule has 8 nitrogen and oxygen atoms in total. The van der Waals surface area contributed by atoms with Crippen LogP contribution in [0.2, 0.25) is 0 Å². The number of fused-ring (bicyclic) bond motifs is 1. The predicted octanol–water partition coefficient (Wildman–Crippen LogP) is 2.19. The summed E-state index contributed by atoms with van der Waals surface area (Å²) < 4.78 is 14.7. The van der Waals surface area contributed by atoms with E-state index in [9.17, 15) is 14.4 Å². The van der Waals surface area contributed by atoms with Crippen molar-refractivity contribution in [1.82, 2.24) is 24.9 Å². The molecule has 31 heavy (non-hydrogen) atoms. The van der Waals surface area contributed by atoms with Crippen molar-refractivity contribution in [2.45, 2.75) is 6.92 Å². The first kappa shape index (κ1) is 19.2. The lowest BCUT2D eigenvalue weighted by Gasteiger charge is -2.24. The molecule has 0 unspecified atom stereocenters. The summed E-state index contributed by atoms with van der Waals surface area (Å²) in [4.78, 5) is 22.9. The summed E-state index contributed by atoms with van der Waals surface area (Å²) in [6.45, 7) is 4.52. The van der Waals surface area contributed by atoms with Gasteiger partial charge in [0.2, 0.25) is 0 Å². The molecule has 0 aliphatic carbocycles. The molecule has 2 atom stereocenters. The van der Waals surface area contributed by atoms with E-state index in [1.165, 1.54) is 23.3 Å².